The number of amides is 4. The number of anilines is 1. The zero-order valence-electron chi connectivity index (χ0n) is 22.0. The van der Waals surface area contributed by atoms with E-state index in [2.05, 4.69) is 16.4 Å². The van der Waals surface area contributed by atoms with E-state index in [1.807, 2.05) is 26.8 Å². The highest BCUT2D eigenvalue weighted by Gasteiger charge is 2.70. The maximum absolute atomic E-state index is 13.9. The Labute approximate surface area is 239 Å². The smallest absolute Gasteiger partial charge is 0.265 e. The van der Waals surface area contributed by atoms with E-state index in [4.69, 9.17) is 21.9 Å². The van der Waals surface area contributed by atoms with Crippen molar-refractivity contribution in [2.45, 2.75) is 51.3 Å². The van der Waals surface area contributed by atoms with E-state index in [0.29, 0.717) is 11.4 Å². The van der Waals surface area contributed by atoms with Gasteiger partial charge in [0.1, 0.15) is 17.0 Å². The Balaban J connectivity index is 0.00000210. The Kier molecular flexibility index (Phi) is 8.32. The Morgan fingerprint density at radius 1 is 1.21 bits per heavy atom. The van der Waals surface area contributed by atoms with Crippen LogP contribution in [0.15, 0.2) is 30.6 Å². The van der Waals surface area contributed by atoms with Gasteiger partial charge >= 0.3 is 0 Å². The van der Waals surface area contributed by atoms with Gasteiger partial charge in [0.15, 0.2) is 6.10 Å². The number of pyridine rings is 1. The van der Waals surface area contributed by atoms with E-state index in [0.717, 1.165) is 6.42 Å². The number of nitrogens with one attached hydrogen (secondary N) is 1. The highest BCUT2D eigenvalue weighted by atomic mass is 35.5. The van der Waals surface area contributed by atoms with Crippen molar-refractivity contribution in [3.63, 3.8) is 0 Å². The minimum atomic E-state index is -1.75. The van der Waals surface area contributed by atoms with Gasteiger partial charge in [0.25, 0.3) is 5.91 Å². The summed E-state index contributed by atoms with van der Waals surface area (Å²) >= 11 is 0. The first-order valence-electron chi connectivity index (χ1n) is 12.6. The molecule has 1 aromatic rings. The van der Waals surface area contributed by atoms with Gasteiger partial charge in [0.05, 0.1) is 18.2 Å². The summed E-state index contributed by atoms with van der Waals surface area (Å²) in [6, 6.07) is 0.646. The average Bonchev–Trinajstić information content (AvgIpc) is 3.53. The maximum Gasteiger partial charge on any atom is 0.265 e. The van der Waals surface area contributed by atoms with Gasteiger partial charge in [0, 0.05) is 31.1 Å². The molecule has 0 spiro atoms. The van der Waals surface area contributed by atoms with Crippen molar-refractivity contribution in [1.82, 2.24) is 9.88 Å². The number of aromatic nitrogens is 1. The maximum atomic E-state index is 13.9. The van der Waals surface area contributed by atoms with E-state index < -0.39 is 58.6 Å². The molecular formula is C26H36Cl2N6O5. The second-order valence-corrected chi connectivity index (χ2v) is 11.8. The largest absolute Gasteiger partial charge is 0.478 e. The zero-order valence-corrected chi connectivity index (χ0v) is 23.7. The topological polar surface area (TPSA) is 184 Å². The third-order valence-corrected chi connectivity index (χ3v) is 8.76. The van der Waals surface area contributed by atoms with Crippen LogP contribution in [-0.2, 0) is 19.2 Å². The van der Waals surface area contributed by atoms with E-state index in [1.165, 1.54) is 17.3 Å². The van der Waals surface area contributed by atoms with Crippen LogP contribution in [0.3, 0.4) is 0 Å². The van der Waals surface area contributed by atoms with Crippen molar-refractivity contribution in [3.05, 3.63) is 30.6 Å². The average molecular weight is 584 g/mol. The number of allylic oxidation sites excluding steroid dienone is 2. The number of hydrogen-bond acceptors (Lipinski definition) is 7. The van der Waals surface area contributed by atoms with Crippen molar-refractivity contribution in [2.75, 3.05) is 11.9 Å². The van der Waals surface area contributed by atoms with Gasteiger partial charge in [-0.3, -0.25) is 24.2 Å². The minimum Gasteiger partial charge on any atom is -0.478 e. The number of nitrogens with zero attached hydrogens (tertiary/aromatic N) is 2. The molecule has 1 saturated heterocycles. The fraction of sp³-hybridized carbons (Fsp3) is 0.577. The van der Waals surface area contributed by atoms with E-state index >= 15 is 0 Å². The molecule has 39 heavy (non-hydrogen) atoms. The molecule has 13 heteroatoms. The van der Waals surface area contributed by atoms with Crippen molar-refractivity contribution in [1.29, 1.82) is 0 Å². The summed E-state index contributed by atoms with van der Waals surface area (Å²) in [6.45, 7) is 5.74. The van der Waals surface area contributed by atoms with Crippen LogP contribution >= 0.6 is 24.8 Å². The van der Waals surface area contributed by atoms with E-state index in [1.54, 1.807) is 6.07 Å². The van der Waals surface area contributed by atoms with E-state index in [9.17, 15) is 19.2 Å². The van der Waals surface area contributed by atoms with Crippen molar-refractivity contribution in [2.24, 2.45) is 52.2 Å². The number of likely N-dealkylation sites (tertiary alicyclic amines) is 1. The second-order valence-electron chi connectivity index (χ2n) is 11.8. The SMILES string of the molecule is CC(C)(C)[C@H](N)C(=O)N1CC2C3C=CC(C3)C2C1(C(N)=O)[C@H](C[C@@H]1Oc2ccncc2NC1=O)C(N)=O.Cl.Cl. The number of hydrogen-bond donors (Lipinski definition) is 4. The molecule has 1 aromatic heterocycles. The van der Waals surface area contributed by atoms with Crippen molar-refractivity contribution in [3.8, 4) is 5.75 Å². The third-order valence-electron chi connectivity index (χ3n) is 8.76. The Bertz CT molecular complexity index is 1210. The molecule has 3 heterocycles. The molecule has 8 atom stereocenters. The Morgan fingerprint density at radius 2 is 1.87 bits per heavy atom. The molecule has 7 N–H and O–H groups in total. The molecular weight excluding hydrogens is 547 g/mol. The molecule has 2 aliphatic carbocycles. The van der Waals surface area contributed by atoms with Gasteiger partial charge in [0.2, 0.25) is 17.7 Å². The fourth-order valence-electron chi connectivity index (χ4n) is 6.95. The lowest BCUT2D eigenvalue weighted by molar-refractivity contribution is -0.157. The molecule has 5 unspecified atom stereocenters. The first kappa shape index (κ1) is 30.6. The van der Waals surface area contributed by atoms with Crippen LogP contribution in [0.1, 0.15) is 33.6 Å². The molecule has 1 saturated carbocycles. The molecule has 0 aromatic carbocycles. The predicted octanol–water partition coefficient (Wildman–Crippen LogP) is 0.994. The zero-order chi connectivity index (χ0) is 26.9. The number of primary amides is 2. The van der Waals surface area contributed by atoms with Crippen LogP contribution in [0.5, 0.6) is 5.75 Å². The van der Waals surface area contributed by atoms with Crippen molar-refractivity contribution >= 4 is 54.1 Å². The van der Waals surface area contributed by atoms with Crippen LogP contribution < -0.4 is 27.3 Å². The number of fused-ring (bicyclic) bond motifs is 6. The quantitative estimate of drug-likeness (QED) is 0.360. The van der Waals surface area contributed by atoms with E-state index in [-0.39, 0.29) is 55.5 Å². The molecule has 5 rings (SSSR count). The normalized spacial score (nSPS) is 31.5. The summed E-state index contributed by atoms with van der Waals surface area (Å²) in [5, 5.41) is 2.73. The lowest BCUT2D eigenvalue weighted by Crippen LogP contribution is -2.69. The lowest BCUT2D eigenvalue weighted by atomic mass is 9.65. The summed E-state index contributed by atoms with van der Waals surface area (Å²) in [6.07, 6.45) is 6.56. The summed E-state index contributed by atoms with van der Waals surface area (Å²) < 4.78 is 5.93. The molecule has 2 aliphatic heterocycles. The van der Waals surface area contributed by atoms with Crippen LogP contribution in [0.4, 0.5) is 5.69 Å². The monoisotopic (exact) mass is 582 g/mol. The number of ether oxygens (including phenoxy) is 1. The van der Waals surface area contributed by atoms with Gasteiger partial charge in [-0.2, -0.15) is 0 Å². The summed E-state index contributed by atoms with van der Waals surface area (Å²) in [5.41, 5.74) is 16.6. The Morgan fingerprint density at radius 3 is 2.49 bits per heavy atom. The number of nitrogens with two attached hydrogens (primary N) is 3. The van der Waals surface area contributed by atoms with Crippen LogP contribution in [0.25, 0.3) is 0 Å². The second kappa shape index (κ2) is 10.6. The predicted molar refractivity (Wildman–Crippen MR) is 148 cm³/mol. The summed E-state index contributed by atoms with van der Waals surface area (Å²) in [7, 11) is 0. The third kappa shape index (κ3) is 4.64. The summed E-state index contributed by atoms with van der Waals surface area (Å²) in [4.78, 5) is 59.1. The molecule has 4 amide bonds. The molecule has 0 radical (unpaired) electrons. The van der Waals surface area contributed by atoms with Gasteiger partial charge in [-0.25, -0.2) is 0 Å². The number of halogens is 2. The number of carbonyl (C=O) groups is 4. The van der Waals surface area contributed by atoms with Crippen LogP contribution in [0, 0.1) is 35.0 Å². The lowest BCUT2D eigenvalue weighted by Gasteiger charge is -2.47. The fourth-order valence-corrected chi connectivity index (χ4v) is 6.95. The van der Waals surface area contributed by atoms with Gasteiger partial charge in [-0.05, 0) is 29.6 Å². The van der Waals surface area contributed by atoms with Crippen LogP contribution in [-0.4, -0.2) is 57.7 Å². The molecule has 11 nitrogen and oxygen atoms in total. The molecule has 214 valence electrons. The van der Waals surface area contributed by atoms with Crippen molar-refractivity contribution < 1.29 is 23.9 Å². The first-order valence-corrected chi connectivity index (χ1v) is 12.6. The van der Waals surface area contributed by atoms with Gasteiger partial charge < -0.3 is 32.2 Å². The standard InChI is InChI=1S/C26H34N6O5.2ClH/c1-25(2,3)20(27)23(35)32-11-14-12-4-5-13(8-12)19(14)26(32,24(29)36)15(21(28)33)9-18-22(34)31-16-10-30-7-6-17(16)37-18;;/h4-7,10,12-15,18-20H,8-9,11,27H2,1-3H3,(H2,28,33)(H2,29,36)(H,31,34);2*1H/t12?,13?,14?,15-,18+,19?,20-,26?;;/m1../s1. The first-order chi connectivity index (χ1) is 17.4. The Hall–Kier alpha value is -2.89. The molecule has 2 fully saturated rings. The van der Waals surface area contributed by atoms with Gasteiger partial charge in [-0.1, -0.05) is 32.9 Å². The number of rotatable bonds is 6. The highest BCUT2D eigenvalue weighted by molar-refractivity contribution is 6.00. The summed E-state index contributed by atoms with van der Waals surface area (Å²) in [5.74, 6) is -3.90. The molecule has 2 bridgehead atoms. The van der Waals surface area contributed by atoms with Gasteiger partial charge in [-0.15, -0.1) is 24.8 Å². The highest BCUT2D eigenvalue weighted by Crippen LogP contribution is 2.60. The number of carbonyl (C=O) groups excluding carboxylic acids is 4. The minimum absolute atomic E-state index is 0. The van der Waals surface area contributed by atoms with Crippen LogP contribution in [0.2, 0.25) is 0 Å². The molecule has 4 aliphatic rings.